The first-order valence-electron chi connectivity index (χ1n) is 9.30. The number of benzene rings is 2. The predicted molar refractivity (Wildman–Crippen MR) is 138 cm³/mol. The van der Waals surface area contributed by atoms with E-state index in [4.69, 9.17) is 46.4 Å². The molecule has 6 nitrogen and oxygen atoms in total. The number of hydrogen-bond donors (Lipinski definition) is 2. The van der Waals surface area contributed by atoms with Crippen LogP contribution in [-0.2, 0) is 22.7 Å². The van der Waals surface area contributed by atoms with Crippen LogP contribution in [0.5, 0.6) is 0 Å². The average molecular weight is 582 g/mol. The minimum absolute atomic E-state index is 0.157. The summed E-state index contributed by atoms with van der Waals surface area (Å²) in [5, 5.41) is 15.8. The Morgan fingerprint density at radius 1 is 0.758 bits per heavy atom. The first kappa shape index (κ1) is 26.4. The molecule has 3 rings (SSSR count). The molecule has 2 N–H and O–H groups in total. The van der Waals surface area contributed by atoms with E-state index in [-0.39, 0.29) is 23.3 Å². The van der Waals surface area contributed by atoms with Crippen molar-refractivity contribution in [3.63, 3.8) is 0 Å². The number of hydrogen-bond acceptors (Lipinski definition) is 7. The third-order valence-electron chi connectivity index (χ3n) is 4.02. The van der Waals surface area contributed by atoms with Gasteiger partial charge in [-0.3, -0.25) is 9.59 Å². The van der Waals surface area contributed by atoms with Crippen LogP contribution < -0.4 is 10.6 Å². The van der Waals surface area contributed by atoms with E-state index < -0.39 is 0 Å². The number of amides is 2. The van der Waals surface area contributed by atoms with Gasteiger partial charge in [-0.05, 0) is 35.4 Å². The Bertz CT molecular complexity index is 1060. The molecule has 0 radical (unpaired) electrons. The Labute approximate surface area is 223 Å². The molecule has 1 aromatic heterocycles. The van der Waals surface area contributed by atoms with Crippen LogP contribution in [0.2, 0.25) is 20.1 Å². The van der Waals surface area contributed by atoms with Gasteiger partial charge in [0.2, 0.25) is 11.8 Å². The van der Waals surface area contributed by atoms with Crippen LogP contribution in [0.1, 0.15) is 11.1 Å². The molecule has 0 aliphatic heterocycles. The number of nitrogens with one attached hydrogen (secondary N) is 2. The van der Waals surface area contributed by atoms with Crippen molar-refractivity contribution in [2.24, 2.45) is 0 Å². The molecule has 0 unspecified atom stereocenters. The van der Waals surface area contributed by atoms with Crippen LogP contribution in [0.15, 0.2) is 45.1 Å². The van der Waals surface area contributed by atoms with Crippen LogP contribution in [0, 0.1) is 0 Å². The minimum Gasteiger partial charge on any atom is -0.351 e. The normalized spacial score (nSPS) is 10.8. The fourth-order valence-corrected chi connectivity index (χ4v) is 6.02. The molecular formula is C20H16Cl4N4O2S3. The van der Waals surface area contributed by atoms with E-state index in [0.29, 0.717) is 41.9 Å². The van der Waals surface area contributed by atoms with E-state index in [2.05, 4.69) is 20.8 Å². The SMILES string of the molecule is O=C(CSc1nnc(SCC(=O)NCc2ccc(Cl)cc2Cl)s1)NCc1ccc(Cl)cc1Cl. The smallest absolute Gasteiger partial charge is 0.230 e. The second kappa shape index (κ2) is 13.0. The summed E-state index contributed by atoms with van der Waals surface area (Å²) in [6, 6.07) is 10.2. The van der Waals surface area contributed by atoms with Crippen LogP contribution >= 0.6 is 81.3 Å². The first-order chi connectivity index (χ1) is 15.8. The van der Waals surface area contributed by atoms with Crippen molar-refractivity contribution in [2.45, 2.75) is 21.8 Å². The molecule has 0 spiro atoms. The quantitative estimate of drug-likeness (QED) is 0.287. The van der Waals surface area contributed by atoms with E-state index in [1.807, 2.05) is 0 Å². The summed E-state index contributed by atoms with van der Waals surface area (Å²) < 4.78 is 1.29. The largest absolute Gasteiger partial charge is 0.351 e. The Kier molecular flexibility index (Phi) is 10.4. The molecule has 13 heteroatoms. The highest BCUT2D eigenvalue weighted by molar-refractivity contribution is 8.03. The van der Waals surface area contributed by atoms with Gasteiger partial charge in [0.15, 0.2) is 8.68 Å². The van der Waals surface area contributed by atoms with Gasteiger partial charge in [-0.2, -0.15) is 0 Å². The maximum Gasteiger partial charge on any atom is 0.230 e. The third kappa shape index (κ3) is 8.83. The number of carbonyl (C=O) groups is 2. The lowest BCUT2D eigenvalue weighted by Gasteiger charge is -2.06. The second-order valence-corrected chi connectivity index (χ2v) is 11.5. The summed E-state index contributed by atoms with van der Waals surface area (Å²) in [6.45, 7) is 0.617. The zero-order valence-electron chi connectivity index (χ0n) is 16.7. The summed E-state index contributed by atoms with van der Waals surface area (Å²) in [5.74, 6) is 0.0611. The van der Waals surface area contributed by atoms with E-state index in [0.717, 1.165) is 11.1 Å². The van der Waals surface area contributed by atoms with Gasteiger partial charge in [0.05, 0.1) is 11.5 Å². The molecule has 33 heavy (non-hydrogen) atoms. The highest BCUT2D eigenvalue weighted by atomic mass is 35.5. The lowest BCUT2D eigenvalue weighted by atomic mass is 10.2. The zero-order valence-corrected chi connectivity index (χ0v) is 22.2. The predicted octanol–water partition coefficient (Wildman–Crippen LogP) is 5.97. The Balaban J connectivity index is 1.37. The van der Waals surface area contributed by atoms with Crippen molar-refractivity contribution in [3.8, 4) is 0 Å². The van der Waals surface area contributed by atoms with Gasteiger partial charge in [-0.15, -0.1) is 10.2 Å². The summed E-state index contributed by atoms with van der Waals surface area (Å²) >= 11 is 27.8. The van der Waals surface area contributed by atoms with Crippen molar-refractivity contribution < 1.29 is 9.59 Å². The van der Waals surface area contributed by atoms with Gasteiger partial charge in [0.25, 0.3) is 0 Å². The number of thioether (sulfide) groups is 2. The van der Waals surface area contributed by atoms with Crippen molar-refractivity contribution >= 4 is 93.1 Å². The molecule has 0 bridgehead atoms. The van der Waals surface area contributed by atoms with Gasteiger partial charge in [-0.1, -0.05) is 93.4 Å². The highest BCUT2D eigenvalue weighted by Crippen LogP contribution is 2.29. The zero-order chi connectivity index (χ0) is 23.8. The Morgan fingerprint density at radius 2 is 1.18 bits per heavy atom. The number of rotatable bonds is 10. The summed E-state index contributed by atoms with van der Waals surface area (Å²) in [5.41, 5.74) is 1.57. The molecule has 0 fully saturated rings. The van der Waals surface area contributed by atoms with E-state index in [9.17, 15) is 9.59 Å². The Morgan fingerprint density at radius 3 is 1.58 bits per heavy atom. The monoisotopic (exact) mass is 580 g/mol. The topological polar surface area (TPSA) is 84.0 Å². The van der Waals surface area contributed by atoms with Gasteiger partial charge in [-0.25, -0.2) is 0 Å². The van der Waals surface area contributed by atoms with Gasteiger partial charge in [0.1, 0.15) is 0 Å². The molecule has 3 aromatic rings. The van der Waals surface area contributed by atoms with Gasteiger partial charge < -0.3 is 10.6 Å². The average Bonchev–Trinajstić information content (AvgIpc) is 3.23. The summed E-state index contributed by atoms with van der Waals surface area (Å²) in [6.07, 6.45) is 0. The number of carbonyl (C=O) groups excluding carboxylic acids is 2. The molecule has 0 saturated heterocycles. The molecule has 174 valence electrons. The van der Waals surface area contributed by atoms with Gasteiger partial charge in [0, 0.05) is 33.2 Å². The Hall–Kier alpha value is -1.20. The fraction of sp³-hybridized carbons (Fsp3) is 0.200. The van der Waals surface area contributed by atoms with Crippen LogP contribution in [0.25, 0.3) is 0 Å². The van der Waals surface area contributed by atoms with E-state index in [1.165, 1.54) is 34.9 Å². The second-order valence-electron chi connectivity index (χ2n) is 6.44. The lowest BCUT2D eigenvalue weighted by Crippen LogP contribution is -2.24. The van der Waals surface area contributed by atoms with Crippen molar-refractivity contribution in [1.29, 1.82) is 0 Å². The number of aromatic nitrogens is 2. The minimum atomic E-state index is -0.157. The standard InChI is InChI=1S/C20H16Cl4N4O2S3/c21-13-3-1-11(15(23)5-13)7-25-17(29)9-31-19-27-28-20(33-19)32-10-18(30)26-8-12-2-4-14(22)6-16(12)24/h1-6H,7-10H2,(H,25,29)(H,26,30). The molecule has 0 atom stereocenters. The van der Waals surface area contributed by atoms with E-state index in [1.54, 1.807) is 36.4 Å². The highest BCUT2D eigenvalue weighted by Gasteiger charge is 2.12. The van der Waals surface area contributed by atoms with Crippen LogP contribution in [-0.4, -0.2) is 33.5 Å². The molecule has 0 aliphatic rings. The molecule has 0 saturated carbocycles. The van der Waals surface area contributed by atoms with Gasteiger partial charge >= 0.3 is 0 Å². The molecule has 0 aliphatic carbocycles. The lowest BCUT2D eigenvalue weighted by molar-refractivity contribution is -0.119. The van der Waals surface area contributed by atoms with Crippen molar-refractivity contribution in [2.75, 3.05) is 11.5 Å². The first-order valence-corrected chi connectivity index (χ1v) is 13.6. The maximum absolute atomic E-state index is 12.1. The number of nitrogens with zero attached hydrogens (tertiary/aromatic N) is 2. The molecule has 2 aromatic carbocycles. The fourth-order valence-electron chi connectivity index (χ4n) is 2.39. The molecule has 1 heterocycles. The van der Waals surface area contributed by atoms with Crippen molar-refractivity contribution in [1.82, 2.24) is 20.8 Å². The van der Waals surface area contributed by atoms with E-state index >= 15 is 0 Å². The summed E-state index contributed by atoms with van der Waals surface area (Å²) in [4.78, 5) is 24.2. The van der Waals surface area contributed by atoms with Crippen molar-refractivity contribution in [3.05, 3.63) is 67.6 Å². The van der Waals surface area contributed by atoms with Crippen LogP contribution in [0.4, 0.5) is 0 Å². The molecular weight excluding hydrogens is 566 g/mol. The number of halogens is 4. The maximum atomic E-state index is 12.1. The van der Waals surface area contributed by atoms with Crippen LogP contribution in [0.3, 0.4) is 0 Å². The molecule has 2 amide bonds. The third-order valence-corrected chi connectivity index (χ3v) is 8.39. The summed E-state index contributed by atoms with van der Waals surface area (Å²) in [7, 11) is 0.